The molecule has 0 aromatic heterocycles. The van der Waals surface area contributed by atoms with E-state index in [1.54, 1.807) is 0 Å². The standard InChI is InChI=1S/C15H19BrN2O2/c16-13-3-1-2-12-11(13)4-5-14(12)18-8-6-17(7-9-18)10-15(19)20/h1-3,14H,4-10H2,(H,19,20). The monoisotopic (exact) mass is 338 g/mol. The van der Waals surface area contributed by atoms with E-state index >= 15 is 0 Å². The van der Waals surface area contributed by atoms with Crippen LogP contribution in [0.1, 0.15) is 23.6 Å². The number of halogens is 1. The molecule has 1 heterocycles. The van der Waals surface area contributed by atoms with Crippen molar-refractivity contribution < 1.29 is 9.90 Å². The van der Waals surface area contributed by atoms with Crippen LogP contribution in [-0.4, -0.2) is 53.6 Å². The number of benzene rings is 1. The summed E-state index contributed by atoms with van der Waals surface area (Å²) in [5.41, 5.74) is 2.90. The van der Waals surface area contributed by atoms with Gasteiger partial charge in [-0.1, -0.05) is 28.1 Å². The second kappa shape index (κ2) is 5.84. The lowest BCUT2D eigenvalue weighted by molar-refractivity contribution is -0.138. The number of carboxylic acids is 1. The van der Waals surface area contributed by atoms with Crippen LogP contribution in [0.5, 0.6) is 0 Å². The minimum Gasteiger partial charge on any atom is -0.480 e. The van der Waals surface area contributed by atoms with Gasteiger partial charge in [0.15, 0.2) is 0 Å². The van der Waals surface area contributed by atoms with Gasteiger partial charge < -0.3 is 5.11 Å². The Hall–Kier alpha value is -0.910. The van der Waals surface area contributed by atoms with E-state index in [1.165, 1.54) is 22.0 Å². The van der Waals surface area contributed by atoms with Gasteiger partial charge in [0.25, 0.3) is 0 Å². The molecule has 1 N–H and O–H groups in total. The van der Waals surface area contributed by atoms with Crippen LogP contribution in [0.4, 0.5) is 0 Å². The number of nitrogens with zero attached hydrogens (tertiary/aromatic N) is 2. The normalized spacial score (nSPS) is 23.8. The van der Waals surface area contributed by atoms with Gasteiger partial charge >= 0.3 is 5.97 Å². The minimum atomic E-state index is -0.728. The number of piperazine rings is 1. The van der Waals surface area contributed by atoms with Crippen molar-refractivity contribution in [2.45, 2.75) is 18.9 Å². The van der Waals surface area contributed by atoms with Gasteiger partial charge in [-0.3, -0.25) is 14.6 Å². The van der Waals surface area contributed by atoms with Crippen LogP contribution in [0.3, 0.4) is 0 Å². The first-order valence-corrected chi connectivity index (χ1v) is 7.90. The van der Waals surface area contributed by atoms with Crippen molar-refractivity contribution in [3.8, 4) is 0 Å². The number of fused-ring (bicyclic) bond motifs is 1. The molecule has 1 aliphatic heterocycles. The molecule has 4 nitrogen and oxygen atoms in total. The molecule has 3 rings (SSSR count). The molecule has 5 heteroatoms. The van der Waals surface area contributed by atoms with E-state index in [-0.39, 0.29) is 6.54 Å². The van der Waals surface area contributed by atoms with E-state index in [9.17, 15) is 4.79 Å². The summed E-state index contributed by atoms with van der Waals surface area (Å²) in [7, 11) is 0. The van der Waals surface area contributed by atoms with Gasteiger partial charge in [-0.2, -0.15) is 0 Å². The maximum Gasteiger partial charge on any atom is 0.317 e. The van der Waals surface area contributed by atoms with Crippen molar-refractivity contribution in [2.75, 3.05) is 32.7 Å². The van der Waals surface area contributed by atoms with E-state index in [4.69, 9.17) is 5.11 Å². The highest BCUT2D eigenvalue weighted by Crippen LogP contribution is 2.39. The lowest BCUT2D eigenvalue weighted by Gasteiger charge is -2.37. The van der Waals surface area contributed by atoms with Crippen LogP contribution in [0, 0.1) is 0 Å². The number of hydrogen-bond donors (Lipinski definition) is 1. The molecule has 1 unspecified atom stereocenters. The zero-order valence-electron chi connectivity index (χ0n) is 11.4. The lowest BCUT2D eigenvalue weighted by Crippen LogP contribution is -2.48. The fourth-order valence-corrected chi connectivity index (χ4v) is 3.97. The Balaban J connectivity index is 1.66. The molecule has 1 aromatic rings. The third kappa shape index (κ3) is 2.75. The maximum absolute atomic E-state index is 10.7. The Kier molecular flexibility index (Phi) is 4.10. The predicted octanol–water partition coefficient (Wildman–Crippen LogP) is 2.14. The Morgan fingerprint density at radius 1 is 1.30 bits per heavy atom. The fraction of sp³-hybridized carbons (Fsp3) is 0.533. The maximum atomic E-state index is 10.7. The van der Waals surface area contributed by atoms with E-state index < -0.39 is 5.97 Å². The summed E-state index contributed by atoms with van der Waals surface area (Å²) < 4.78 is 1.22. The summed E-state index contributed by atoms with van der Waals surface area (Å²) in [6, 6.07) is 6.98. The number of rotatable bonds is 3. The van der Waals surface area contributed by atoms with E-state index in [1.807, 2.05) is 4.90 Å². The largest absolute Gasteiger partial charge is 0.480 e. The summed E-state index contributed by atoms with van der Waals surface area (Å²) in [6.45, 7) is 3.80. The fourth-order valence-electron chi connectivity index (χ4n) is 3.39. The number of carbonyl (C=O) groups is 1. The minimum absolute atomic E-state index is 0.167. The Morgan fingerprint density at radius 2 is 2.05 bits per heavy atom. The average Bonchev–Trinajstić information content (AvgIpc) is 2.84. The molecule has 0 amide bonds. The Morgan fingerprint density at radius 3 is 2.75 bits per heavy atom. The van der Waals surface area contributed by atoms with Crippen LogP contribution in [-0.2, 0) is 11.2 Å². The average molecular weight is 339 g/mol. The first-order chi connectivity index (χ1) is 9.65. The van der Waals surface area contributed by atoms with Crippen LogP contribution in [0.15, 0.2) is 22.7 Å². The lowest BCUT2D eigenvalue weighted by atomic mass is 10.1. The summed E-state index contributed by atoms with van der Waals surface area (Å²) in [5.74, 6) is -0.728. The third-order valence-corrected chi connectivity index (χ3v) is 5.13. The molecule has 2 aliphatic rings. The number of carboxylic acid groups (broad SMARTS) is 1. The molecule has 1 aliphatic carbocycles. The summed E-state index contributed by atoms with van der Waals surface area (Å²) in [4.78, 5) is 15.3. The zero-order chi connectivity index (χ0) is 14.1. The summed E-state index contributed by atoms with van der Waals surface area (Å²) >= 11 is 3.64. The molecule has 0 saturated carbocycles. The zero-order valence-corrected chi connectivity index (χ0v) is 13.0. The number of hydrogen-bond acceptors (Lipinski definition) is 3. The topological polar surface area (TPSA) is 43.8 Å². The highest BCUT2D eigenvalue weighted by molar-refractivity contribution is 9.10. The van der Waals surface area contributed by atoms with Crippen molar-refractivity contribution in [2.24, 2.45) is 0 Å². The third-order valence-electron chi connectivity index (χ3n) is 4.39. The summed E-state index contributed by atoms with van der Waals surface area (Å²) in [5, 5.41) is 8.84. The molecule has 20 heavy (non-hydrogen) atoms. The smallest absolute Gasteiger partial charge is 0.317 e. The molecule has 1 fully saturated rings. The van der Waals surface area contributed by atoms with Crippen molar-refractivity contribution >= 4 is 21.9 Å². The molecule has 0 spiro atoms. The highest BCUT2D eigenvalue weighted by Gasteiger charge is 2.31. The van der Waals surface area contributed by atoms with E-state index in [0.717, 1.165) is 32.6 Å². The first kappa shape index (κ1) is 14.0. The van der Waals surface area contributed by atoms with Crippen LogP contribution in [0.2, 0.25) is 0 Å². The van der Waals surface area contributed by atoms with Crippen LogP contribution < -0.4 is 0 Å². The second-order valence-corrected chi connectivity index (χ2v) is 6.42. The molecule has 108 valence electrons. The number of aliphatic carboxylic acids is 1. The molecular formula is C15H19BrN2O2. The Labute approximate surface area is 127 Å². The molecule has 1 atom stereocenters. The van der Waals surface area contributed by atoms with E-state index in [0.29, 0.717) is 6.04 Å². The van der Waals surface area contributed by atoms with Gasteiger partial charge in [0, 0.05) is 36.7 Å². The molecule has 1 saturated heterocycles. The van der Waals surface area contributed by atoms with Gasteiger partial charge in [-0.05, 0) is 30.0 Å². The van der Waals surface area contributed by atoms with Crippen molar-refractivity contribution in [3.05, 3.63) is 33.8 Å². The van der Waals surface area contributed by atoms with E-state index in [2.05, 4.69) is 39.0 Å². The highest BCUT2D eigenvalue weighted by atomic mass is 79.9. The van der Waals surface area contributed by atoms with Gasteiger partial charge in [0.05, 0.1) is 6.54 Å². The van der Waals surface area contributed by atoms with Crippen LogP contribution in [0.25, 0.3) is 0 Å². The van der Waals surface area contributed by atoms with Crippen molar-refractivity contribution in [3.63, 3.8) is 0 Å². The van der Waals surface area contributed by atoms with Gasteiger partial charge in [-0.25, -0.2) is 0 Å². The van der Waals surface area contributed by atoms with Gasteiger partial charge in [0.1, 0.15) is 0 Å². The van der Waals surface area contributed by atoms with Crippen molar-refractivity contribution in [1.29, 1.82) is 0 Å². The van der Waals surface area contributed by atoms with Crippen LogP contribution >= 0.6 is 15.9 Å². The quantitative estimate of drug-likeness (QED) is 0.916. The Bertz CT molecular complexity index is 513. The van der Waals surface area contributed by atoms with Gasteiger partial charge in [0.2, 0.25) is 0 Å². The van der Waals surface area contributed by atoms with Crippen molar-refractivity contribution in [1.82, 2.24) is 9.80 Å². The van der Waals surface area contributed by atoms with Gasteiger partial charge in [-0.15, -0.1) is 0 Å². The first-order valence-electron chi connectivity index (χ1n) is 7.10. The SMILES string of the molecule is O=C(O)CN1CCN(C2CCc3c(Br)cccc32)CC1. The molecular weight excluding hydrogens is 320 g/mol. The second-order valence-electron chi connectivity index (χ2n) is 5.57. The summed E-state index contributed by atoms with van der Waals surface area (Å²) in [6.07, 6.45) is 2.31. The molecule has 1 aromatic carbocycles. The molecule has 0 radical (unpaired) electrons. The predicted molar refractivity (Wildman–Crippen MR) is 80.9 cm³/mol. The molecule has 0 bridgehead atoms.